The standard InChI is InChI=1S/C16H28O.C6H14O/c1-12(2)17-14(4)9-10-15-13(3)8-7-11-16(15,5)6;1-5(2)7-6(3)4/h9-10,12,14H,7-8,11H2,1-6H3;5-6H,1-4H3. The minimum Gasteiger partial charge on any atom is -0.376 e. The highest BCUT2D eigenvalue weighted by atomic mass is 16.5. The van der Waals surface area contributed by atoms with Crippen LogP contribution in [0, 0.1) is 5.41 Å². The second-order valence-electron chi connectivity index (χ2n) is 8.41. The summed E-state index contributed by atoms with van der Waals surface area (Å²) in [6, 6.07) is 0. The van der Waals surface area contributed by atoms with Crippen LogP contribution < -0.4 is 0 Å². The minimum atomic E-state index is 0.202. The molecule has 0 spiro atoms. The number of allylic oxidation sites excluding steroid dienone is 3. The molecule has 0 radical (unpaired) electrons. The maximum absolute atomic E-state index is 5.74. The Morgan fingerprint density at radius 1 is 0.875 bits per heavy atom. The predicted octanol–water partition coefficient (Wildman–Crippen LogP) is 6.70. The first-order chi connectivity index (χ1) is 11.0. The van der Waals surface area contributed by atoms with Crippen molar-refractivity contribution in [3.05, 3.63) is 23.3 Å². The van der Waals surface area contributed by atoms with E-state index in [0.29, 0.717) is 23.7 Å². The smallest absolute Gasteiger partial charge is 0.0734 e. The highest BCUT2D eigenvalue weighted by Gasteiger charge is 2.26. The van der Waals surface area contributed by atoms with Gasteiger partial charge in [0.1, 0.15) is 0 Å². The molecule has 0 aromatic rings. The SMILES string of the molecule is CC(C)OC(C)C.CC1=C(C=CC(C)OC(C)C)C(C)(C)CCC1. The van der Waals surface area contributed by atoms with Gasteiger partial charge in [0.15, 0.2) is 0 Å². The lowest BCUT2D eigenvalue weighted by Crippen LogP contribution is -2.19. The van der Waals surface area contributed by atoms with E-state index in [1.54, 1.807) is 5.57 Å². The third-order valence-corrected chi connectivity index (χ3v) is 4.11. The van der Waals surface area contributed by atoms with Crippen LogP contribution in [0.15, 0.2) is 23.3 Å². The number of rotatable bonds is 6. The van der Waals surface area contributed by atoms with E-state index in [4.69, 9.17) is 9.47 Å². The summed E-state index contributed by atoms with van der Waals surface area (Å²) >= 11 is 0. The quantitative estimate of drug-likeness (QED) is 0.536. The Kier molecular flexibility index (Phi) is 10.8. The van der Waals surface area contributed by atoms with Crippen LogP contribution in [0.25, 0.3) is 0 Å². The predicted molar refractivity (Wildman–Crippen MR) is 107 cm³/mol. The van der Waals surface area contributed by atoms with Crippen LogP contribution in [0.5, 0.6) is 0 Å². The van der Waals surface area contributed by atoms with Crippen LogP contribution in [0.4, 0.5) is 0 Å². The van der Waals surface area contributed by atoms with Crippen molar-refractivity contribution in [2.45, 2.75) is 113 Å². The van der Waals surface area contributed by atoms with E-state index >= 15 is 0 Å². The highest BCUT2D eigenvalue weighted by molar-refractivity contribution is 5.32. The van der Waals surface area contributed by atoms with Crippen LogP contribution in [-0.4, -0.2) is 24.4 Å². The molecule has 1 aliphatic carbocycles. The summed E-state index contributed by atoms with van der Waals surface area (Å²) in [5.41, 5.74) is 3.40. The van der Waals surface area contributed by atoms with Crippen molar-refractivity contribution < 1.29 is 9.47 Å². The summed E-state index contributed by atoms with van der Waals surface area (Å²) in [5, 5.41) is 0. The van der Waals surface area contributed by atoms with Gasteiger partial charge in [0.05, 0.1) is 24.4 Å². The fraction of sp³-hybridized carbons (Fsp3) is 0.818. The van der Waals surface area contributed by atoms with E-state index in [1.807, 2.05) is 27.7 Å². The molecule has 0 saturated carbocycles. The van der Waals surface area contributed by atoms with Crippen molar-refractivity contribution >= 4 is 0 Å². The maximum Gasteiger partial charge on any atom is 0.0734 e. The molecule has 1 aliphatic rings. The molecule has 0 saturated heterocycles. The first-order valence-electron chi connectivity index (χ1n) is 9.65. The molecular formula is C22H42O2. The van der Waals surface area contributed by atoms with Gasteiger partial charge in [-0.25, -0.2) is 0 Å². The average Bonchev–Trinajstić information content (AvgIpc) is 2.35. The highest BCUT2D eigenvalue weighted by Crippen LogP contribution is 2.40. The molecule has 142 valence electrons. The van der Waals surface area contributed by atoms with Crippen molar-refractivity contribution in [3.63, 3.8) is 0 Å². The van der Waals surface area contributed by atoms with Gasteiger partial charge < -0.3 is 9.47 Å². The zero-order valence-corrected chi connectivity index (χ0v) is 17.9. The molecule has 2 heteroatoms. The van der Waals surface area contributed by atoms with Crippen LogP contribution in [0.2, 0.25) is 0 Å². The van der Waals surface area contributed by atoms with Crippen LogP contribution >= 0.6 is 0 Å². The van der Waals surface area contributed by atoms with Crippen molar-refractivity contribution in [1.82, 2.24) is 0 Å². The van der Waals surface area contributed by atoms with Crippen molar-refractivity contribution in [1.29, 1.82) is 0 Å². The van der Waals surface area contributed by atoms with E-state index in [1.165, 1.54) is 24.8 Å². The van der Waals surface area contributed by atoms with E-state index < -0.39 is 0 Å². The molecule has 0 aromatic carbocycles. The molecule has 2 nitrogen and oxygen atoms in total. The van der Waals surface area contributed by atoms with E-state index in [0.717, 1.165) is 0 Å². The van der Waals surface area contributed by atoms with Crippen LogP contribution in [0.3, 0.4) is 0 Å². The molecule has 0 N–H and O–H groups in total. The Morgan fingerprint density at radius 2 is 1.38 bits per heavy atom. The zero-order valence-electron chi connectivity index (χ0n) is 17.9. The fourth-order valence-electron chi connectivity index (χ4n) is 3.26. The Hall–Kier alpha value is -0.600. The molecule has 1 unspecified atom stereocenters. The summed E-state index contributed by atoms with van der Waals surface area (Å²) in [6.45, 7) is 21.4. The average molecular weight is 339 g/mol. The molecule has 0 fully saturated rings. The van der Waals surface area contributed by atoms with Gasteiger partial charge in [-0.2, -0.15) is 0 Å². The van der Waals surface area contributed by atoms with E-state index in [9.17, 15) is 0 Å². The minimum absolute atomic E-state index is 0.202. The normalized spacial score (nSPS) is 19.2. The Labute approximate surface area is 151 Å². The summed E-state index contributed by atoms with van der Waals surface area (Å²) < 4.78 is 11.0. The second kappa shape index (κ2) is 11.1. The Morgan fingerprint density at radius 3 is 1.75 bits per heavy atom. The van der Waals surface area contributed by atoms with Gasteiger partial charge in [-0.1, -0.05) is 31.6 Å². The largest absolute Gasteiger partial charge is 0.376 e. The van der Waals surface area contributed by atoms with E-state index in [2.05, 4.69) is 53.7 Å². The first-order valence-corrected chi connectivity index (χ1v) is 9.65. The van der Waals surface area contributed by atoms with E-state index in [-0.39, 0.29) is 6.10 Å². The Bertz CT molecular complexity index is 394. The molecule has 0 amide bonds. The summed E-state index contributed by atoms with van der Waals surface area (Å²) in [7, 11) is 0. The summed E-state index contributed by atoms with van der Waals surface area (Å²) in [5.74, 6) is 0. The number of hydrogen-bond acceptors (Lipinski definition) is 2. The van der Waals surface area contributed by atoms with Gasteiger partial charge >= 0.3 is 0 Å². The van der Waals surface area contributed by atoms with Gasteiger partial charge in [0.25, 0.3) is 0 Å². The Balaban J connectivity index is 0.000000640. The lowest BCUT2D eigenvalue weighted by Gasteiger charge is -2.33. The summed E-state index contributed by atoms with van der Waals surface area (Å²) in [6.07, 6.45) is 9.62. The zero-order chi connectivity index (χ0) is 18.9. The molecule has 1 rings (SSSR count). The second-order valence-corrected chi connectivity index (χ2v) is 8.41. The molecule has 0 aromatic heterocycles. The van der Waals surface area contributed by atoms with Gasteiger partial charge in [0, 0.05) is 0 Å². The van der Waals surface area contributed by atoms with Gasteiger partial charge in [-0.3, -0.25) is 0 Å². The van der Waals surface area contributed by atoms with Crippen LogP contribution in [-0.2, 0) is 9.47 Å². The van der Waals surface area contributed by atoms with Gasteiger partial charge in [0.2, 0.25) is 0 Å². The molecule has 0 heterocycles. The fourth-order valence-corrected chi connectivity index (χ4v) is 3.26. The molecule has 1 atom stereocenters. The monoisotopic (exact) mass is 338 g/mol. The number of ether oxygens (including phenoxy) is 2. The third-order valence-electron chi connectivity index (χ3n) is 4.11. The lowest BCUT2D eigenvalue weighted by atomic mass is 9.72. The topological polar surface area (TPSA) is 18.5 Å². The maximum atomic E-state index is 5.74. The van der Waals surface area contributed by atoms with Crippen molar-refractivity contribution in [2.75, 3.05) is 0 Å². The van der Waals surface area contributed by atoms with Gasteiger partial charge in [-0.15, -0.1) is 0 Å². The van der Waals surface area contributed by atoms with Crippen molar-refractivity contribution in [3.8, 4) is 0 Å². The van der Waals surface area contributed by atoms with Crippen molar-refractivity contribution in [2.24, 2.45) is 5.41 Å². The molecule has 0 bridgehead atoms. The molecular weight excluding hydrogens is 296 g/mol. The van der Waals surface area contributed by atoms with Gasteiger partial charge in [-0.05, 0) is 85.6 Å². The molecule has 0 aliphatic heterocycles. The first kappa shape index (κ1) is 23.4. The lowest BCUT2D eigenvalue weighted by molar-refractivity contribution is 0.0300. The van der Waals surface area contributed by atoms with Crippen LogP contribution in [0.1, 0.15) is 88.5 Å². The summed E-state index contributed by atoms with van der Waals surface area (Å²) in [4.78, 5) is 0. The number of hydrogen-bond donors (Lipinski definition) is 0. The molecule has 24 heavy (non-hydrogen) atoms. The third kappa shape index (κ3) is 10.3.